The van der Waals surface area contributed by atoms with Gasteiger partial charge < -0.3 is 0 Å². The lowest BCUT2D eigenvalue weighted by Gasteiger charge is -2.18. The molecule has 242 valence electrons. The smallest absolute Gasteiger partial charge is 0.164 e. The summed E-state index contributed by atoms with van der Waals surface area (Å²) in [5.74, 6) is 1.90. The molecule has 8 aromatic carbocycles. The van der Waals surface area contributed by atoms with E-state index >= 15 is 0 Å². The number of aromatic nitrogens is 3. The van der Waals surface area contributed by atoms with Gasteiger partial charge in [0.25, 0.3) is 0 Å². The van der Waals surface area contributed by atoms with Gasteiger partial charge in [-0.3, -0.25) is 0 Å². The van der Waals surface area contributed by atoms with Crippen LogP contribution in [-0.2, 0) is 0 Å². The third-order valence-electron chi connectivity index (χ3n) is 9.58. The topological polar surface area (TPSA) is 62.5 Å². The molecule has 0 spiro atoms. The third-order valence-corrected chi connectivity index (χ3v) is 9.58. The van der Waals surface area contributed by atoms with Crippen LogP contribution in [0.3, 0.4) is 0 Å². The summed E-state index contributed by atoms with van der Waals surface area (Å²) in [6.07, 6.45) is 0. The van der Waals surface area contributed by atoms with Gasteiger partial charge in [-0.15, -0.1) is 0 Å². The number of hydrogen-bond acceptors (Lipinski definition) is 4. The molecule has 1 heterocycles. The molecule has 0 unspecified atom stereocenters. The predicted octanol–water partition coefficient (Wildman–Crippen LogP) is 12.1. The molecule has 0 aliphatic carbocycles. The average molecular weight is 663 g/mol. The Morgan fingerprint density at radius 3 is 1.46 bits per heavy atom. The fraction of sp³-hybridized carbons (Fsp3) is 0. The Morgan fingerprint density at radius 2 is 0.827 bits per heavy atom. The van der Waals surface area contributed by atoms with Crippen molar-refractivity contribution in [2.45, 2.75) is 0 Å². The number of nitrogens with zero attached hydrogens (tertiary/aromatic N) is 4. The van der Waals surface area contributed by atoms with Gasteiger partial charge in [-0.1, -0.05) is 170 Å². The van der Waals surface area contributed by atoms with Gasteiger partial charge in [0.15, 0.2) is 17.5 Å². The van der Waals surface area contributed by atoms with E-state index in [0.717, 1.165) is 55.3 Å². The predicted molar refractivity (Wildman–Crippen MR) is 212 cm³/mol. The zero-order valence-corrected chi connectivity index (χ0v) is 28.1. The van der Waals surface area contributed by atoms with Crippen molar-refractivity contribution in [2.24, 2.45) is 0 Å². The molecule has 0 aliphatic heterocycles. The van der Waals surface area contributed by atoms with E-state index in [0.29, 0.717) is 23.0 Å². The molecule has 0 saturated heterocycles. The lowest BCUT2D eigenvalue weighted by Crippen LogP contribution is -2.00. The molecule has 4 nitrogen and oxygen atoms in total. The van der Waals surface area contributed by atoms with E-state index in [1.54, 1.807) is 0 Å². The lowest BCUT2D eigenvalue weighted by molar-refractivity contribution is 1.07. The van der Waals surface area contributed by atoms with E-state index in [2.05, 4.69) is 109 Å². The molecule has 4 heteroatoms. The van der Waals surface area contributed by atoms with Crippen molar-refractivity contribution in [3.05, 3.63) is 188 Å². The minimum atomic E-state index is 0.624. The minimum absolute atomic E-state index is 0.624. The Labute approximate surface area is 302 Å². The van der Waals surface area contributed by atoms with E-state index in [4.69, 9.17) is 15.0 Å². The molecule has 0 saturated carbocycles. The normalized spacial score (nSPS) is 11.1. The maximum atomic E-state index is 9.58. The molecule has 0 amide bonds. The van der Waals surface area contributed by atoms with Gasteiger partial charge in [0.2, 0.25) is 0 Å². The SMILES string of the molecule is N#Cc1cccc(-c2ccc(-c3ccc4ccccc4c3-c3ccc(-c4nc(-c5ccccc5)nc(-c5ccccc5)n4)cc3)c3ccccc23)c1. The second-order valence-corrected chi connectivity index (χ2v) is 12.7. The second kappa shape index (κ2) is 13.2. The Hall–Kier alpha value is -7.22. The van der Waals surface area contributed by atoms with Gasteiger partial charge in [-0.25, -0.2) is 15.0 Å². The van der Waals surface area contributed by atoms with Gasteiger partial charge in [-0.2, -0.15) is 5.26 Å². The van der Waals surface area contributed by atoms with Crippen LogP contribution in [-0.4, -0.2) is 15.0 Å². The first-order valence-electron chi connectivity index (χ1n) is 17.3. The van der Waals surface area contributed by atoms with Gasteiger partial charge in [0, 0.05) is 16.7 Å². The summed E-state index contributed by atoms with van der Waals surface area (Å²) in [6, 6.07) is 64.8. The first-order chi connectivity index (χ1) is 25.7. The molecule has 0 atom stereocenters. The number of nitriles is 1. The molecule has 9 aromatic rings. The Morgan fingerprint density at radius 1 is 0.346 bits per heavy atom. The summed E-state index contributed by atoms with van der Waals surface area (Å²) in [5.41, 5.74) is 10.1. The monoisotopic (exact) mass is 662 g/mol. The molecular weight excluding hydrogens is 633 g/mol. The van der Waals surface area contributed by atoms with Gasteiger partial charge in [0.05, 0.1) is 11.6 Å². The van der Waals surface area contributed by atoms with Crippen molar-refractivity contribution in [3.63, 3.8) is 0 Å². The summed E-state index contributed by atoms with van der Waals surface area (Å²) in [7, 11) is 0. The maximum absolute atomic E-state index is 9.58. The fourth-order valence-electron chi connectivity index (χ4n) is 7.07. The van der Waals surface area contributed by atoms with Crippen LogP contribution in [0.1, 0.15) is 5.56 Å². The number of benzene rings is 8. The molecule has 9 rings (SSSR count). The van der Waals surface area contributed by atoms with Crippen molar-refractivity contribution >= 4 is 21.5 Å². The van der Waals surface area contributed by atoms with Crippen LogP contribution in [0.15, 0.2) is 182 Å². The fourth-order valence-corrected chi connectivity index (χ4v) is 7.07. The number of hydrogen-bond donors (Lipinski definition) is 0. The standard InChI is InChI=1S/C48H30N4/c49-31-32-12-11-18-38(30-32)39-28-29-43(42-21-10-9-20-41(39)42)44-27-26-33-13-7-8-19-40(33)45(44)34-22-24-37(25-23-34)48-51-46(35-14-3-1-4-15-35)50-47(52-48)36-16-5-2-6-17-36/h1-30H. The summed E-state index contributed by atoms with van der Waals surface area (Å²) in [4.78, 5) is 14.8. The van der Waals surface area contributed by atoms with E-state index in [1.807, 2.05) is 78.9 Å². The van der Waals surface area contributed by atoms with Crippen LogP contribution in [0.2, 0.25) is 0 Å². The lowest BCUT2D eigenvalue weighted by atomic mass is 9.86. The summed E-state index contributed by atoms with van der Waals surface area (Å²) < 4.78 is 0. The van der Waals surface area contributed by atoms with Crippen molar-refractivity contribution in [3.8, 4) is 73.6 Å². The first-order valence-corrected chi connectivity index (χ1v) is 17.3. The van der Waals surface area contributed by atoms with Gasteiger partial charge >= 0.3 is 0 Å². The molecular formula is C48H30N4. The third kappa shape index (κ3) is 5.67. The highest BCUT2D eigenvalue weighted by Gasteiger charge is 2.17. The highest BCUT2D eigenvalue weighted by atomic mass is 15.0. The van der Waals surface area contributed by atoms with Gasteiger partial charge in [0.1, 0.15) is 0 Å². The highest BCUT2D eigenvalue weighted by Crippen LogP contribution is 2.43. The van der Waals surface area contributed by atoms with Crippen LogP contribution in [0.25, 0.3) is 89.1 Å². The summed E-state index contributed by atoms with van der Waals surface area (Å²) in [6.45, 7) is 0. The quantitative estimate of drug-likeness (QED) is 0.178. The van der Waals surface area contributed by atoms with Crippen LogP contribution < -0.4 is 0 Å². The van der Waals surface area contributed by atoms with Gasteiger partial charge in [-0.05, 0) is 67.1 Å². The molecule has 0 N–H and O–H groups in total. The van der Waals surface area contributed by atoms with Crippen LogP contribution >= 0.6 is 0 Å². The molecule has 1 aromatic heterocycles. The summed E-state index contributed by atoms with van der Waals surface area (Å²) >= 11 is 0. The van der Waals surface area contributed by atoms with Crippen LogP contribution in [0.5, 0.6) is 0 Å². The van der Waals surface area contributed by atoms with E-state index in [-0.39, 0.29) is 0 Å². The van der Waals surface area contributed by atoms with E-state index < -0.39 is 0 Å². The van der Waals surface area contributed by atoms with Crippen molar-refractivity contribution in [1.82, 2.24) is 15.0 Å². The Bertz CT molecular complexity index is 2730. The summed E-state index contributed by atoms with van der Waals surface area (Å²) in [5, 5.41) is 14.2. The molecule has 0 fully saturated rings. The highest BCUT2D eigenvalue weighted by molar-refractivity contribution is 6.11. The molecule has 0 bridgehead atoms. The maximum Gasteiger partial charge on any atom is 0.164 e. The number of rotatable bonds is 6. The largest absolute Gasteiger partial charge is 0.208 e. The molecule has 0 aliphatic rings. The Kier molecular flexibility index (Phi) is 7.85. The second-order valence-electron chi connectivity index (χ2n) is 12.7. The number of fused-ring (bicyclic) bond motifs is 2. The zero-order valence-electron chi connectivity index (χ0n) is 28.1. The van der Waals surface area contributed by atoms with Crippen molar-refractivity contribution in [1.29, 1.82) is 5.26 Å². The zero-order chi connectivity index (χ0) is 34.9. The van der Waals surface area contributed by atoms with E-state index in [1.165, 1.54) is 16.3 Å². The first kappa shape index (κ1) is 30.8. The average Bonchev–Trinajstić information content (AvgIpc) is 3.23. The molecule has 0 radical (unpaired) electrons. The Balaban J connectivity index is 1.19. The van der Waals surface area contributed by atoms with E-state index in [9.17, 15) is 5.26 Å². The van der Waals surface area contributed by atoms with Crippen molar-refractivity contribution in [2.75, 3.05) is 0 Å². The van der Waals surface area contributed by atoms with Crippen LogP contribution in [0.4, 0.5) is 0 Å². The minimum Gasteiger partial charge on any atom is -0.208 e. The van der Waals surface area contributed by atoms with Crippen LogP contribution in [0, 0.1) is 11.3 Å². The van der Waals surface area contributed by atoms with Crippen molar-refractivity contribution < 1.29 is 0 Å². The molecule has 52 heavy (non-hydrogen) atoms.